The molecule has 4 bridgehead atoms. The van der Waals surface area contributed by atoms with Gasteiger partial charge < -0.3 is 0 Å². The van der Waals surface area contributed by atoms with Crippen molar-refractivity contribution in [1.82, 2.24) is 0 Å². The van der Waals surface area contributed by atoms with Crippen LogP contribution >= 0.6 is 0 Å². The molecule has 70 valence electrons. The number of hydrogen-bond donors (Lipinski definition) is 0. The zero-order valence-corrected chi connectivity index (χ0v) is 8.77. The minimum Gasteiger partial charge on any atom is -0.0683 e. The van der Waals surface area contributed by atoms with Gasteiger partial charge in [0.05, 0.1) is 0 Å². The van der Waals surface area contributed by atoms with Crippen molar-refractivity contribution in [1.29, 1.82) is 0 Å². The molecule has 4 aliphatic rings. The highest BCUT2D eigenvalue weighted by molar-refractivity contribution is 5.04. The van der Waals surface area contributed by atoms with E-state index in [0.29, 0.717) is 0 Å². The molecule has 0 aromatic carbocycles. The number of hydrogen-bond acceptors (Lipinski definition) is 0. The van der Waals surface area contributed by atoms with Crippen LogP contribution < -0.4 is 0 Å². The van der Waals surface area contributed by atoms with E-state index in [1.54, 1.807) is 32.1 Å². The molecule has 0 spiro atoms. The Morgan fingerprint density at radius 3 is 1.75 bits per heavy atom. The Morgan fingerprint density at radius 1 is 0.917 bits per heavy atom. The van der Waals surface area contributed by atoms with Crippen LogP contribution in [0.4, 0.5) is 0 Å². The van der Waals surface area contributed by atoms with E-state index in [0.717, 1.165) is 23.2 Å². The fourth-order valence-corrected chi connectivity index (χ4v) is 4.20. The topological polar surface area (TPSA) is 0 Å². The minimum absolute atomic E-state index is 0.827. The Kier molecular flexibility index (Phi) is 1.97. The van der Waals surface area contributed by atoms with E-state index in [4.69, 9.17) is 0 Å². The molecule has 0 radical (unpaired) electrons. The average Bonchev–Trinajstić information content (AvgIpc) is 2.38. The molecular weight excluding hydrogens is 144 g/mol. The smallest absolute Gasteiger partial charge is 0.0292 e. The van der Waals surface area contributed by atoms with Crippen molar-refractivity contribution in [3.05, 3.63) is 0 Å². The van der Waals surface area contributed by atoms with E-state index in [2.05, 4.69) is 6.92 Å². The van der Waals surface area contributed by atoms with Crippen molar-refractivity contribution in [3.8, 4) is 0 Å². The largest absolute Gasteiger partial charge is 0.0683 e. The van der Waals surface area contributed by atoms with Gasteiger partial charge in [-0.2, -0.15) is 0 Å². The minimum atomic E-state index is 0.827. The summed E-state index contributed by atoms with van der Waals surface area (Å²) >= 11 is 0. The second kappa shape index (κ2) is 2.75. The first-order valence-electron chi connectivity index (χ1n) is 5.76. The van der Waals surface area contributed by atoms with Gasteiger partial charge in [-0.05, 0) is 55.3 Å². The Morgan fingerprint density at radius 2 is 1.42 bits per heavy atom. The fourth-order valence-electron chi connectivity index (χ4n) is 4.20. The van der Waals surface area contributed by atoms with Gasteiger partial charge in [0.25, 0.3) is 0 Å². The van der Waals surface area contributed by atoms with Crippen LogP contribution in [0.1, 0.15) is 52.9 Å². The van der Waals surface area contributed by atoms with Crippen molar-refractivity contribution in [2.24, 2.45) is 23.2 Å². The SMILES string of the molecule is CC.CC12CC3CC(CC1C3)C2. The lowest BCUT2D eigenvalue weighted by molar-refractivity contribution is 0.224. The highest BCUT2D eigenvalue weighted by Gasteiger charge is 2.54. The van der Waals surface area contributed by atoms with Crippen LogP contribution in [-0.4, -0.2) is 0 Å². The van der Waals surface area contributed by atoms with E-state index in [1.807, 2.05) is 13.8 Å². The standard InChI is InChI=1S/C10H16.C2H6/c1-10-5-7-2-8(6-10)4-9(10)3-7;1-2/h7-9H,2-6H2,1H3;1-2H3. The first-order chi connectivity index (χ1) is 5.76. The van der Waals surface area contributed by atoms with Crippen LogP contribution in [0.5, 0.6) is 0 Å². The molecular formula is C12H22. The van der Waals surface area contributed by atoms with Gasteiger partial charge in [-0.25, -0.2) is 0 Å². The maximum absolute atomic E-state index is 2.54. The fraction of sp³-hybridized carbons (Fsp3) is 1.00. The summed E-state index contributed by atoms with van der Waals surface area (Å²) in [5.74, 6) is 3.46. The van der Waals surface area contributed by atoms with E-state index < -0.39 is 0 Å². The number of rotatable bonds is 0. The Bertz CT molecular complexity index is 157. The predicted molar refractivity (Wildman–Crippen MR) is 53.0 cm³/mol. The predicted octanol–water partition coefficient (Wildman–Crippen LogP) is 3.86. The molecule has 4 aliphatic carbocycles. The molecule has 2 atom stereocenters. The second-order valence-electron chi connectivity index (χ2n) is 5.20. The summed E-state index contributed by atoms with van der Waals surface area (Å²) in [4.78, 5) is 0. The molecule has 2 unspecified atom stereocenters. The van der Waals surface area contributed by atoms with Crippen molar-refractivity contribution in [2.45, 2.75) is 52.9 Å². The van der Waals surface area contributed by atoms with Crippen molar-refractivity contribution >= 4 is 0 Å². The van der Waals surface area contributed by atoms with E-state index >= 15 is 0 Å². The van der Waals surface area contributed by atoms with Crippen LogP contribution in [0.25, 0.3) is 0 Å². The first-order valence-corrected chi connectivity index (χ1v) is 5.76. The Balaban J connectivity index is 0.000000264. The summed E-state index contributed by atoms with van der Waals surface area (Å²) in [6.45, 7) is 6.54. The zero-order valence-electron chi connectivity index (χ0n) is 8.77. The zero-order chi connectivity index (χ0) is 8.77. The molecule has 0 heterocycles. The highest BCUT2D eigenvalue weighted by atomic mass is 14.6. The van der Waals surface area contributed by atoms with Crippen LogP contribution in [0, 0.1) is 23.2 Å². The third-order valence-corrected chi connectivity index (χ3v) is 4.40. The van der Waals surface area contributed by atoms with Gasteiger partial charge in [-0.15, -0.1) is 0 Å². The van der Waals surface area contributed by atoms with Gasteiger partial charge >= 0.3 is 0 Å². The molecule has 4 fully saturated rings. The molecule has 12 heavy (non-hydrogen) atoms. The summed E-state index contributed by atoms with van der Waals surface area (Å²) in [7, 11) is 0. The van der Waals surface area contributed by atoms with Gasteiger partial charge in [0.15, 0.2) is 0 Å². The van der Waals surface area contributed by atoms with Gasteiger partial charge in [0.2, 0.25) is 0 Å². The van der Waals surface area contributed by atoms with Crippen molar-refractivity contribution in [2.75, 3.05) is 0 Å². The molecule has 4 saturated carbocycles. The van der Waals surface area contributed by atoms with Crippen LogP contribution in [-0.2, 0) is 0 Å². The van der Waals surface area contributed by atoms with Gasteiger partial charge in [-0.3, -0.25) is 0 Å². The van der Waals surface area contributed by atoms with Gasteiger partial charge in [0.1, 0.15) is 0 Å². The third kappa shape index (κ3) is 1.03. The third-order valence-electron chi connectivity index (χ3n) is 4.40. The van der Waals surface area contributed by atoms with Crippen LogP contribution in [0.15, 0.2) is 0 Å². The van der Waals surface area contributed by atoms with E-state index in [9.17, 15) is 0 Å². The maximum atomic E-state index is 2.54. The summed E-state index contributed by atoms with van der Waals surface area (Å²) in [6.07, 6.45) is 7.93. The molecule has 0 aliphatic heterocycles. The molecule has 0 aromatic rings. The van der Waals surface area contributed by atoms with Crippen LogP contribution in [0.3, 0.4) is 0 Å². The van der Waals surface area contributed by atoms with Crippen LogP contribution in [0.2, 0.25) is 0 Å². The summed E-state index contributed by atoms with van der Waals surface area (Å²) in [6, 6.07) is 0. The summed E-state index contributed by atoms with van der Waals surface area (Å²) < 4.78 is 0. The lowest BCUT2D eigenvalue weighted by atomic mass is 9.77. The molecule has 0 saturated heterocycles. The summed E-state index contributed by atoms with van der Waals surface area (Å²) in [5.41, 5.74) is 0.827. The lowest BCUT2D eigenvalue weighted by Crippen LogP contribution is -2.18. The molecule has 4 rings (SSSR count). The average molecular weight is 166 g/mol. The lowest BCUT2D eigenvalue weighted by Gasteiger charge is -2.28. The molecule has 0 nitrogen and oxygen atoms in total. The molecule has 0 heteroatoms. The van der Waals surface area contributed by atoms with Gasteiger partial charge in [0, 0.05) is 0 Å². The van der Waals surface area contributed by atoms with Gasteiger partial charge in [-0.1, -0.05) is 20.8 Å². The van der Waals surface area contributed by atoms with E-state index in [-0.39, 0.29) is 0 Å². The monoisotopic (exact) mass is 166 g/mol. The highest BCUT2D eigenvalue weighted by Crippen LogP contribution is 2.64. The Hall–Kier alpha value is 0. The molecule has 0 aromatic heterocycles. The van der Waals surface area contributed by atoms with Crippen molar-refractivity contribution < 1.29 is 0 Å². The van der Waals surface area contributed by atoms with E-state index in [1.165, 1.54) is 0 Å². The first kappa shape index (κ1) is 8.59. The second-order valence-corrected chi connectivity index (χ2v) is 5.20. The van der Waals surface area contributed by atoms with Crippen molar-refractivity contribution in [3.63, 3.8) is 0 Å². The summed E-state index contributed by atoms with van der Waals surface area (Å²) in [5, 5.41) is 0. The quantitative estimate of drug-likeness (QED) is 0.512. The maximum Gasteiger partial charge on any atom is -0.0292 e. The normalized spacial score (nSPS) is 53.8. The Labute approximate surface area is 76.7 Å². The molecule has 0 amide bonds. The molecule has 0 N–H and O–H groups in total.